The number of nitrogens with zero attached hydrogens (tertiary/aromatic N) is 4. The van der Waals surface area contributed by atoms with Crippen LogP contribution in [0.15, 0.2) is 16.8 Å². The summed E-state index contributed by atoms with van der Waals surface area (Å²) in [6.07, 6.45) is 1.28. The predicted molar refractivity (Wildman–Crippen MR) is 66.5 cm³/mol. The number of amides is 1. The van der Waals surface area contributed by atoms with E-state index in [9.17, 15) is 9.59 Å². The van der Waals surface area contributed by atoms with Crippen LogP contribution in [0, 0.1) is 0 Å². The van der Waals surface area contributed by atoms with Gasteiger partial charge in [0.25, 0.3) is 5.91 Å². The third-order valence-electron chi connectivity index (χ3n) is 2.46. The first-order valence-electron chi connectivity index (χ1n) is 5.96. The Balaban J connectivity index is 1.81. The Bertz CT molecular complexity index is 634. The van der Waals surface area contributed by atoms with Crippen LogP contribution in [0.5, 0.6) is 0 Å². The number of aromatic nitrogens is 4. The minimum atomic E-state index is -1.15. The lowest BCUT2D eigenvalue weighted by atomic mass is 10.3. The van der Waals surface area contributed by atoms with Crippen LogP contribution < -0.4 is 5.32 Å². The van der Waals surface area contributed by atoms with Crippen molar-refractivity contribution in [2.45, 2.75) is 13.2 Å². The number of nitrogens with one attached hydrogen (secondary N) is 1. The molecule has 2 N–H and O–H groups in total. The number of methoxy groups -OCH3 is 1. The third kappa shape index (κ3) is 3.86. The number of carbonyl (C=O) groups is 2. The Morgan fingerprint density at radius 1 is 1.48 bits per heavy atom. The summed E-state index contributed by atoms with van der Waals surface area (Å²) in [5.74, 6) is -1.11. The highest BCUT2D eigenvalue weighted by atomic mass is 16.5. The number of hydrogen-bond acceptors (Lipinski definition) is 7. The summed E-state index contributed by atoms with van der Waals surface area (Å²) in [7, 11) is 1.51. The summed E-state index contributed by atoms with van der Waals surface area (Å²) in [4.78, 5) is 22.4. The van der Waals surface area contributed by atoms with Crippen LogP contribution in [0.2, 0.25) is 0 Å². The molecule has 0 fully saturated rings. The fourth-order valence-electron chi connectivity index (χ4n) is 1.51. The molecule has 0 saturated carbocycles. The van der Waals surface area contributed by atoms with Gasteiger partial charge >= 0.3 is 5.97 Å². The Kier molecular flexibility index (Phi) is 4.61. The summed E-state index contributed by atoms with van der Waals surface area (Å²) >= 11 is 0. The van der Waals surface area contributed by atoms with Gasteiger partial charge in [0.05, 0.1) is 12.7 Å². The lowest BCUT2D eigenvalue weighted by Gasteiger charge is -2.01. The van der Waals surface area contributed by atoms with E-state index in [0.29, 0.717) is 5.76 Å². The minimum absolute atomic E-state index is 0.145. The summed E-state index contributed by atoms with van der Waals surface area (Å²) < 4.78 is 11.1. The molecule has 0 bridgehead atoms. The number of carboxylic acid groups (broad SMARTS) is 1. The normalized spacial score (nSPS) is 10.5. The molecule has 0 saturated heterocycles. The van der Waals surface area contributed by atoms with Crippen LogP contribution in [0.4, 0.5) is 0 Å². The average Bonchev–Trinajstić information content (AvgIpc) is 3.08. The second-order valence-electron chi connectivity index (χ2n) is 4.04. The van der Waals surface area contributed by atoms with Gasteiger partial charge in [-0.15, -0.1) is 5.10 Å². The van der Waals surface area contributed by atoms with Gasteiger partial charge in [0.1, 0.15) is 6.61 Å². The zero-order valence-electron chi connectivity index (χ0n) is 11.1. The number of aromatic carboxylic acids is 1. The molecule has 0 atom stereocenters. The maximum atomic E-state index is 11.8. The quantitative estimate of drug-likeness (QED) is 0.701. The number of hydrogen-bond donors (Lipinski definition) is 2. The van der Waals surface area contributed by atoms with Gasteiger partial charge in [-0.2, -0.15) is 0 Å². The zero-order valence-corrected chi connectivity index (χ0v) is 11.1. The van der Waals surface area contributed by atoms with Crippen LogP contribution in [0.1, 0.15) is 26.7 Å². The summed E-state index contributed by atoms with van der Waals surface area (Å²) in [6.45, 7) is 0.764. The second kappa shape index (κ2) is 6.61. The Hall–Kier alpha value is -2.75. The standard InChI is InChI=1S/C11H13N5O5/c1-20-6-7-4-8(14-21-7)10(17)12-2-3-16-5-9(11(18)19)13-15-16/h4-5H,2-3,6H2,1H3,(H,12,17)(H,18,19). The van der Waals surface area contributed by atoms with E-state index in [1.807, 2.05) is 0 Å². The lowest BCUT2D eigenvalue weighted by molar-refractivity contribution is 0.0690. The molecule has 0 aromatic carbocycles. The molecule has 2 heterocycles. The van der Waals surface area contributed by atoms with Crippen molar-refractivity contribution in [3.63, 3.8) is 0 Å². The molecule has 0 radical (unpaired) electrons. The number of carboxylic acids is 1. The highest BCUT2D eigenvalue weighted by Gasteiger charge is 2.12. The SMILES string of the molecule is COCc1cc(C(=O)NCCn2cc(C(=O)O)nn2)no1. The third-order valence-corrected chi connectivity index (χ3v) is 2.46. The average molecular weight is 295 g/mol. The fraction of sp³-hybridized carbons (Fsp3) is 0.364. The molecule has 0 aliphatic carbocycles. The summed E-state index contributed by atoms with van der Waals surface area (Å²) in [5, 5.41) is 22.0. The monoisotopic (exact) mass is 295 g/mol. The van der Waals surface area contributed by atoms with Crippen molar-refractivity contribution in [1.29, 1.82) is 0 Å². The van der Waals surface area contributed by atoms with Crippen molar-refractivity contribution >= 4 is 11.9 Å². The van der Waals surface area contributed by atoms with Crippen molar-refractivity contribution < 1.29 is 24.0 Å². The maximum Gasteiger partial charge on any atom is 0.358 e. The highest BCUT2D eigenvalue weighted by molar-refractivity contribution is 5.92. The van der Waals surface area contributed by atoms with E-state index in [0.717, 1.165) is 0 Å². The topological polar surface area (TPSA) is 132 Å². The van der Waals surface area contributed by atoms with Gasteiger partial charge < -0.3 is 19.7 Å². The molecule has 1 amide bonds. The number of carbonyl (C=O) groups excluding carboxylic acids is 1. The fourth-order valence-corrected chi connectivity index (χ4v) is 1.51. The molecule has 21 heavy (non-hydrogen) atoms. The Morgan fingerprint density at radius 2 is 2.29 bits per heavy atom. The van der Waals surface area contributed by atoms with Gasteiger partial charge in [0.2, 0.25) is 0 Å². The van der Waals surface area contributed by atoms with E-state index < -0.39 is 11.9 Å². The number of rotatable bonds is 7. The molecule has 10 nitrogen and oxygen atoms in total. The number of ether oxygens (including phenoxy) is 1. The van der Waals surface area contributed by atoms with Crippen molar-refractivity contribution in [3.8, 4) is 0 Å². The van der Waals surface area contributed by atoms with E-state index >= 15 is 0 Å². The predicted octanol–water partition coefficient (Wildman–Crippen LogP) is -0.459. The van der Waals surface area contributed by atoms with Crippen LogP contribution in [-0.2, 0) is 17.9 Å². The van der Waals surface area contributed by atoms with Crippen LogP contribution >= 0.6 is 0 Å². The molecule has 0 unspecified atom stereocenters. The molecule has 10 heteroatoms. The first-order valence-corrected chi connectivity index (χ1v) is 5.96. The molecular formula is C11H13N5O5. The Morgan fingerprint density at radius 3 is 2.95 bits per heavy atom. The first kappa shape index (κ1) is 14.7. The smallest absolute Gasteiger partial charge is 0.358 e. The van der Waals surface area contributed by atoms with Gasteiger partial charge in [-0.05, 0) is 0 Å². The minimum Gasteiger partial charge on any atom is -0.476 e. The lowest BCUT2D eigenvalue weighted by Crippen LogP contribution is -2.27. The van der Waals surface area contributed by atoms with Crippen molar-refractivity contribution in [2.75, 3.05) is 13.7 Å². The molecule has 0 aliphatic rings. The van der Waals surface area contributed by atoms with Crippen molar-refractivity contribution in [2.24, 2.45) is 0 Å². The molecule has 2 aromatic heterocycles. The van der Waals surface area contributed by atoms with Gasteiger partial charge in [-0.25, -0.2) is 9.48 Å². The van der Waals surface area contributed by atoms with E-state index in [1.165, 1.54) is 24.1 Å². The van der Waals surface area contributed by atoms with Gasteiger partial charge in [-0.3, -0.25) is 4.79 Å². The Labute approximate surface area is 118 Å². The first-order chi connectivity index (χ1) is 10.1. The largest absolute Gasteiger partial charge is 0.476 e. The summed E-state index contributed by atoms with van der Waals surface area (Å²) in [6, 6.07) is 1.48. The zero-order chi connectivity index (χ0) is 15.2. The second-order valence-corrected chi connectivity index (χ2v) is 4.04. The van der Waals surface area contributed by atoms with E-state index in [-0.39, 0.29) is 31.1 Å². The molecule has 2 rings (SSSR count). The van der Waals surface area contributed by atoms with E-state index in [4.69, 9.17) is 14.4 Å². The molecule has 2 aromatic rings. The molecule has 0 spiro atoms. The van der Waals surface area contributed by atoms with Gasteiger partial charge in [0, 0.05) is 19.7 Å². The summed E-state index contributed by atoms with van der Waals surface area (Å²) in [5.41, 5.74) is -0.00565. The van der Waals surface area contributed by atoms with Gasteiger partial charge in [-0.1, -0.05) is 10.4 Å². The van der Waals surface area contributed by atoms with Crippen LogP contribution in [-0.4, -0.2) is 50.8 Å². The van der Waals surface area contributed by atoms with E-state index in [2.05, 4.69) is 20.8 Å². The van der Waals surface area contributed by atoms with Crippen LogP contribution in [0.3, 0.4) is 0 Å². The van der Waals surface area contributed by atoms with Gasteiger partial charge in [0.15, 0.2) is 17.1 Å². The molecular weight excluding hydrogens is 282 g/mol. The maximum absolute atomic E-state index is 11.8. The van der Waals surface area contributed by atoms with Crippen LogP contribution in [0.25, 0.3) is 0 Å². The highest BCUT2D eigenvalue weighted by Crippen LogP contribution is 2.04. The van der Waals surface area contributed by atoms with Crippen molar-refractivity contribution in [1.82, 2.24) is 25.5 Å². The van der Waals surface area contributed by atoms with Crippen molar-refractivity contribution in [3.05, 3.63) is 29.4 Å². The van der Waals surface area contributed by atoms with E-state index in [1.54, 1.807) is 0 Å². The molecule has 0 aliphatic heterocycles. The molecule has 112 valence electrons.